The molecule has 0 aliphatic carbocycles. The van der Waals surface area contributed by atoms with Crippen LogP contribution in [0.15, 0.2) is 22.7 Å². The molecule has 1 aromatic heterocycles. The number of aryl methyl sites for hydroxylation is 2. The highest BCUT2D eigenvalue weighted by Crippen LogP contribution is 2.23. The monoisotopic (exact) mass is 371 g/mol. The predicted molar refractivity (Wildman–Crippen MR) is 85.3 cm³/mol. The summed E-state index contributed by atoms with van der Waals surface area (Å²) < 4.78 is 7.59. The second kappa shape index (κ2) is 6.49. The molecule has 2 N–H and O–H groups in total. The molecule has 1 heterocycles. The molecule has 0 atom stereocenters. The number of carbonyl (C=O) groups is 1. The van der Waals surface area contributed by atoms with Gasteiger partial charge in [0.1, 0.15) is 6.61 Å². The summed E-state index contributed by atoms with van der Waals surface area (Å²) in [5, 5.41) is 4.72. The van der Waals surface area contributed by atoms with Gasteiger partial charge in [0.25, 0.3) is 0 Å². The second-order valence-corrected chi connectivity index (χ2v) is 5.82. The highest BCUT2D eigenvalue weighted by Gasteiger charge is 2.20. The van der Waals surface area contributed by atoms with Crippen LogP contribution in [0.25, 0.3) is 0 Å². The van der Waals surface area contributed by atoms with Crippen molar-refractivity contribution in [1.29, 1.82) is 0 Å². The van der Waals surface area contributed by atoms with Crippen molar-refractivity contribution >= 4 is 39.2 Å². The van der Waals surface area contributed by atoms with Gasteiger partial charge in [0.05, 0.1) is 11.4 Å². The van der Waals surface area contributed by atoms with Crippen molar-refractivity contribution in [3.8, 4) is 0 Å². The molecule has 0 spiro atoms. The Morgan fingerprint density at radius 3 is 2.81 bits per heavy atom. The molecule has 0 aliphatic heterocycles. The molecule has 112 valence electrons. The molecule has 0 fully saturated rings. The number of rotatable bonds is 4. The zero-order chi connectivity index (χ0) is 15.6. The Kier molecular flexibility index (Phi) is 4.90. The van der Waals surface area contributed by atoms with Gasteiger partial charge >= 0.3 is 5.97 Å². The summed E-state index contributed by atoms with van der Waals surface area (Å²) in [6.45, 7) is 2.01. The molecular formula is C14H15BrClN3O2. The van der Waals surface area contributed by atoms with Crippen LogP contribution < -0.4 is 5.73 Å². The standard InChI is InChI=1S/C14H15BrClN3O2/c1-3-11-12(17)13(19(2)18-11)14(20)21-7-8-4-5-9(15)6-10(8)16/h4-6H,3,7,17H2,1-2H3. The van der Waals surface area contributed by atoms with Crippen molar-refractivity contribution in [1.82, 2.24) is 9.78 Å². The highest BCUT2D eigenvalue weighted by atomic mass is 79.9. The van der Waals surface area contributed by atoms with E-state index in [0.29, 0.717) is 22.8 Å². The SMILES string of the molecule is CCc1nn(C)c(C(=O)OCc2ccc(Br)cc2Cl)c1N. The zero-order valence-electron chi connectivity index (χ0n) is 11.7. The number of nitrogens with two attached hydrogens (primary N) is 1. The number of esters is 1. The van der Waals surface area contributed by atoms with E-state index in [2.05, 4.69) is 21.0 Å². The normalized spacial score (nSPS) is 10.7. The average Bonchev–Trinajstić information content (AvgIpc) is 2.72. The Labute approximate surface area is 136 Å². The first-order chi connectivity index (χ1) is 9.93. The minimum absolute atomic E-state index is 0.0804. The van der Waals surface area contributed by atoms with Crippen molar-refractivity contribution in [3.63, 3.8) is 0 Å². The van der Waals surface area contributed by atoms with Gasteiger partial charge in [-0.25, -0.2) is 4.79 Å². The second-order valence-electron chi connectivity index (χ2n) is 4.50. The number of aromatic nitrogens is 2. The fourth-order valence-electron chi connectivity index (χ4n) is 1.95. The van der Waals surface area contributed by atoms with E-state index in [1.807, 2.05) is 13.0 Å². The van der Waals surface area contributed by atoms with Gasteiger partial charge in [-0.3, -0.25) is 4.68 Å². The number of hydrogen-bond acceptors (Lipinski definition) is 4. The minimum atomic E-state index is -0.513. The molecular weight excluding hydrogens is 358 g/mol. The molecule has 1 aromatic carbocycles. The lowest BCUT2D eigenvalue weighted by Gasteiger charge is -2.07. The summed E-state index contributed by atoms with van der Waals surface area (Å²) in [6.07, 6.45) is 0.658. The lowest BCUT2D eigenvalue weighted by atomic mass is 10.2. The van der Waals surface area contributed by atoms with Gasteiger partial charge in [-0.15, -0.1) is 0 Å². The fraction of sp³-hybridized carbons (Fsp3) is 0.286. The van der Waals surface area contributed by atoms with Gasteiger partial charge in [-0.2, -0.15) is 5.10 Å². The smallest absolute Gasteiger partial charge is 0.359 e. The van der Waals surface area contributed by atoms with E-state index < -0.39 is 5.97 Å². The van der Waals surface area contributed by atoms with Crippen LogP contribution in [-0.2, 0) is 24.8 Å². The third kappa shape index (κ3) is 3.39. The van der Waals surface area contributed by atoms with Crippen LogP contribution in [0, 0.1) is 0 Å². The van der Waals surface area contributed by atoms with Crippen molar-refractivity contribution in [2.24, 2.45) is 7.05 Å². The van der Waals surface area contributed by atoms with Gasteiger partial charge in [0.2, 0.25) is 0 Å². The molecule has 0 saturated heterocycles. The van der Waals surface area contributed by atoms with Crippen LogP contribution in [0.4, 0.5) is 5.69 Å². The summed E-state index contributed by atoms with van der Waals surface area (Å²) in [6, 6.07) is 5.38. The molecule has 0 unspecified atom stereocenters. The first-order valence-corrected chi connectivity index (χ1v) is 7.53. The number of benzene rings is 1. The van der Waals surface area contributed by atoms with Crippen LogP contribution in [-0.4, -0.2) is 15.7 Å². The van der Waals surface area contributed by atoms with Gasteiger partial charge < -0.3 is 10.5 Å². The number of anilines is 1. The van der Waals surface area contributed by atoms with Crippen LogP contribution in [0.5, 0.6) is 0 Å². The number of halogens is 2. The van der Waals surface area contributed by atoms with Crippen molar-refractivity contribution < 1.29 is 9.53 Å². The highest BCUT2D eigenvalue weighted by molar-refractivity contribution is 9.10. The molecule has 5 nitrogen and oxygen atoms in total. The Balaban J connectivity index is 2.14. The molecule has 0 amide bonds. The number of nitrogens with zero attached hydrogens (tertiary/aromatic N) is 2. The van der Waals surface area contributed by atoms with E-state index in [0.717, 1.165) is 10.0 Å². The summed E-state index contributed by atoms with van der Waals surface area (Å²) in [5.74, 6) is -0.513. The predicted octanol–water partition coefficient (Wildman–Crippen LogP) is 3.34. The first kappa shape index (κ1) is 15.9. The number of ether oxygens (including phenoxy) is 1. The summed E-state index contributed by atoms with van der Waals surface area (Å²) in [7, 11) is 1.67. The number of hydrogen-bond donors (Lipinski definition) is 1. The maximum absolute atomic E-state index is 12.2. The Morgan fingerprint density at radius 2 is 2.24 bits per heavy atom. The molecule has 2 aromatic rings. The third-order valence-corrected chi connectivity index (χ3v) is 3.91. The van der Waals surface area contributed by atoms with E-state index in [4.69, 9.17) is 22.1 Å². The summed E-state index contributed by atoms with van der Waals surface area (Å²) >= 11 is 9.41. The van der Waals surface area contributed by atoms with E-state index >= 15 is 0 Å². The van der Waals surface area contributed by atoms with Crippen molar-refractivity contribution in [2.75, 3.05) is 5.73 Å². The van der Waals surface area contributed by atoms with Crippen LogP contribution in [0.2, 0.25) is 5.02 Å². The molecule has 7 heteroatoms. The Morgan fingerprint density at radius 1 is 1.52 bits per heavy atom. The van der Waals surface area contributed by atoms with Crippen molar-refractivity contribution in [2.45, 2.75) is 20.0 Å². The molecule has 0 bridgehead atoms. The van der Waals surface area contributed by atoms with Gasteiger partial charge in [-0.1, -0.05) is 40.5 Å². The van der Waals surface area contributed by atoms with Gasteiger partial charge in [-0.05, 0) is 18.6 Å². The fourth-order valence-corrected chi connectivity index (χ4v) is 2.68. The summed E-state index contributed by atoms with van der Waals surface area (Å²) in [5.41, 5.74) is 7.96. The van der Waals surface area contributed by atoms with Gasteiger partial charge in [0, 0.05) is 22.1 Å². The van der Waals surface area contributed by atoms with E-state index in [9.17, 15) is 4.79 Å². The molecule has 0 aliphatic rings. The number of nitrogen functional groups attached to an aromatic ring is 1. The third-order valence-electron chi connectivity index (χ3n) is 3.06. The average molecular weight is 373 g/mol. The topological polar surface area (TPSA) is 70.1 Å². The van der Waals surface area contributed by atoms with Crippen LogP contribution >= 0.6 is 27.5 Å². The van der Waals surface area contributed by atoms with E-state index in [1.54, 1.807) is 19.2 Å². The van der Waals surface area contributed by atoms with Crippen molar-refractivity contribution in [3.05, 3.63) is 44.6 Å². The van der Waals surface area contributed by atoms with E-state index in [-0.39, 0.29) is 12.3 Å². The maximum atomic E-state index is 12.2. The first-order valence-electron chi connectivity index (χ1n) is 6.36. The molecule has 21 heavy (non-hydrogen) atoms. The van der Waals surface area contributed by atoms with Crippen LogP contribution in [0.3, 0.4) is 0 Å². The van der Waals surface area contributed by atoms with Crippen LogP contribution in [0.1, 0.15) is 28.7 Å². The van der Waals surface area contributed by atoms with Gasteiger partial charge in [0.15, 0.2) is 5.69 Å². The maximum Gasteiger partial charge on any atom is 0.359 e. The molecule has 0 saturated carbocycles. The quantitative estimate of drug-likeness (QED) is 0.836. The molecule has 2 rings (SSSR count). The lowest BCUT2D eigenvalue weighted by molar-refractivity contribution is 0.0461. The lowest BCUT2D eigenvalue weighted by Crippen LogP contribution is -2.12. The largest absolute Gasteiger partial charge is 0.456 e. The summed E-state index contributed by atoms with van der Waals surface area (Å²) in [4.78, 5) is 12.2. The van der Waals surface area contributed by atoms with E-state index in [1.165, 1.54) is 4.68 Å². The zero-order valence-corrected chi connectivity index (χ0v) is 14.0. The molecule has 0 radical (unpaired) electrons. The minimum Gasteiger partial charge on any atom is -0.456 e. The Bertz CT molecular complexity index is 685. The Hall–Kier alpha value is -1.53. The number of carbonyl (C=O) groups excluding carboxylic acids is 1.